The van der Waals surface area contributed by atoms with Crippen LogP contribution in [0.15, 0.2) is 29.2 Å². The van der Waals surface area contributed by atoms with E-state index in [9.17, 15) is 9.90 Å². The summed E-state index contributed by atoms with van der Waals surface area (Å²) >= 11 is 12.2. The quantitative estimate of drug-likeness (QED) is 0.403. The van der Waals surface area contributed by atoms with Crippen LogP contribution in [0.1, 0.15) is 30.3 Å². The number of nitrogens with one attached hydrogen (secondary N) is 4. The van der Waals surface area contributed by atoms with Gasteiger partial charge in [-0.1, -0.05) is 29.3 Å². The Bertz CT molecular complexity index is 1060. The minimum atomic E-state index is -0.463. The maximum absolute atomic E-state index is 12.5. The largest absolute Gasteiger partial charge is 0.396 e. The Morgan fingerprint density at radius 1 is 1.24 bits per heavy atom. The lowest BCUT2D eigenvalue weighted by atomic mass is 9.73. The number of aliphatic hydroxyl groups is 1. The summed E-state index contributed by atoms with van der Waals surface area (Å²) in [7, 11) is 0. The maximum atomic E-state index is 12.5. The maximum Gasteiger partial charge on any atom is 0.276 e. The Hall–Kier alpha value is -1.97. The monoisotopic (exact) mass is 436 g/mol. The van der Waals surface area contributed by atoms with Gasteiger partial charge in [0, 0.05) is 12.0 Å². The van der Waals surface area contributed by atoms with Crippen LogP contribution in [-0.2, 0) is 6.54 Å². The first kappa shape index (κ1) is 20.3. The van der Waals surface area contributed by atoms with E-state index in [1.165, 1.54) is 6.20 Å². The zero-order chi connectivity index (χ0) is 20.4. The first-order valence-corrected chi connectivity index (χ1v) is 10.2. The molecule has 5 N–H and O–H groups in total. The summed E-state index contributed by atoms with van der Waals surface area (Å²) in [6.07, 6.45) is 3.02. The Balaban J connectivity index is 1.71. The van der Waals surface area contributed by atoms with Crippen LogP contribution in [0.5, 0.6) is 0 Å². The zero-order valence-electron chi connectivity index (χ0n) is 15.6. The van der Waals surface area contributed by atoms with Crippen molar-refractivity contribution >= 4 is 34.2 Å². The minimum absolute atomic E-state index is 0.0269. The summed E-state index contributed by atoms with van der Waals surface area (Å²) < 4.78 is 0. The van der Waals surface area contributed by atoms with E-state index < -0.39 is 5.41 Å². The summed E-state index contributed by atoms with van der Waals surface area (Å²) in [6, 6.07) is 5.08. The number of aromatic nitrogens is 4. The van der Waals surface area contributed by atoms with Gasteiger partial charge >= 0.3 is 0 Å². The Morgan fingerprint density at radius 3 is 2.76 bits per heavy atom. The van der Waals surface area contributed by atoms with E-state index in [0.717, 1.165) is 31.5 Å². The van der Waals surface area contributed by atoms with Gasteiger partial charge in [-0.15, -0.1) is 0 Å². The first-order chi connectivity index (χ1) is 14.0. The van der Waals surface area contributed by atoms with Gasteiger partial charge in [0.05, 0.1) is 28.9 Å². The third kappa shape index (κ3) is 4.04. The second-order valence-corrected chi connectivity index (χ2v) is 8.23. The van der Waals surface area contributed by atoms with E-state index in [-0.39, 0.29) is 18.2 Å². The predicted molar refractivity (Wildman–Crippen MR) is 112 cm³/mol. The van der Waals surface area contributed by atoms with Gasteiger partial charge in [0.1, 0.15) is 16.9 Å². The van der Waals surface area contributed by atoms with Gasteiger partial charge in [-0.3, -0.25) is 9.89 Å². The molecule has 154 valence electrons. The van der Waals surface area contributed by atoms with Crippen LogP contribution in [0, 0.1) is 5.41 Å². The Labute approximate surface area is 177 Å². The molecule has 1 saturated heterocycles. The number of rotatable bonds is 6. The molecule has 2 aromatic heterocycles. The summed E-state index contributed by atoms with van der Waals surface area (Å²) in [5.74, 6) is 0.486. The highest BCUT2D eigenvalue weighted by molar-refractivity contribution is 6.42. The summed E-state index contributed by atoms with van der Waals surface area (Å²) in [6.45, 7) is 2.01. The fourth-order valence-electron chi connectivity index (χ4n) is 3.94. The summed E-state index contributed by atoms with van der Waals surface area (Å²) in [4.78, 5) is 20.0. The third-order valence-electron chi connectivity index (χ3n) is 5.62. The van der Waals surface area contributed by atoms with Crippen LogP contribution < -0.4 is 16.2 Å². The van der Waals surface area contributed by atoms with Crippen LogP contribution in [0.2, 0.25) is 10.0 Å². The van der Waals surface area contributed by atoms with Gasteiger partial charge in [0.15, 0.2) is 0 Å². The van der Waals surface area contributed by atoms with Crippen LogP contribution >= 0.6 is 23.2 Å². The van der Waals surface area contributed by atoms with Crippen molar-refractivity contribution in [2.24, 2.45) is 5.41 Å². The number of aromatic amines is 2. The highest BCUT2D eigenvalue weighted by atomic mass is 35.5. The molecule has 3 heterocycles. The van der Waals surface area contributed by atoms with E-state index in [1.807, 2.05) is 6.07 Å². The lowest BCUT2D eigenvalue weighted by Crippen LogP contribution is -2.48. The molecule has 4 rings (SSSR count). The second kappa shape index (κ2) is 8.41. The van der Waals surface area contributed by atoms with Gasteiger partial charge in [-0.05, 0) is 43.6 Å². The smallest absolute Gasteiger partial charge is 0.276 e. The molecular weight excluding hydrogens is 415 g/mol. The predicted octanol–water partition coefficient (Wildman–Crippen LogP) is 2.15. The molecule has 0 saturated carbocycles. The number of halogens is 2. The van der Waals surface area contributed by atoms with Crippen molar-refractivity contribution in [1.82, 2.24) is 30.8 Å². The first-order valence-electron chi connectivity index (χ1n) is 9.44. The molecule has 1 aromatic carbocycles. The van der Waals surface area contributed by atoms with E-state index in [1.54, 1.807) is 12.1 Å². The highest BCUT2D eigenvalue weighted by Crippen LogP contribution is 2.40. The average molecular weight is 437 g/mol. The molecule has 1 aliphatic heterocycles. The number of piperidine rings is 1. The highest BCUT2D eigenvalue weighted by Gasteiger charge is 2.41. The number of nitrogens with zero attached hydrogens (tertiary/aromatic N) is 2. The van der Waals surface area contributed by atoms with Gasteiger partial charge in [-0.2, -0.15) is 5.10 Å². The molecule has 1 unspecified atom stereocenters. The zero-order valence-corrected chi connectivity index (χ0v) is 17.1. The van der Waals surface area contributed by atoms with Crippen LogP contribution in [0.25, 0.3) is 11.0 Å². The number of H-pyrrole nitrogens is 2. The molecule has 10 heteroatoms. The number of fused-ring (bicyclic) bond motifs is 1. The molecule has 1 fully saturated rings. The molecule has 0 radical (unpaired) electrons. The minimum Gasteiger partial charge on any atom is -0.396 e. The topological polar surface area (TPSA) is 119 Å². The SMILES string of the molecule is O=c1[nH]c(C(NCc2ccc(Cl)c(Cl)c2)C2(CO)CCNCC2)nc2cn[nH]c12. The van der Waals surface area contributed by atoms with Crippen molar-refractivity contribution in [1.29, 1.82) is 0 Å². The fraction of sp³-hybridized carbons (Fsp3) is 0.421. The Morgan fingerprint density at radius 2 is 2.03 bits per heavy atom. The lowest BCUT2D eigenvalue weighted by Gasteiger charge is -2.42. The van der Waals surface area contributed by atoms with Crippen LogP contribution in [-0.4, -0.2) is 45.0 Å². The lowest BCUT2D eigenvalue weighted by molar-refractivity contribution is 0.0443. The molecule has 1 atom stereocenters. The molecule has 0 aliphatic carbocycles. The Kier molecular flexibility index (Phi) is 5.89. The molecule has 0 spiro atoms. The second-order valence-electron chi connectivity index (χ2n) is 7.41. The van der Waals surface area contributed by atoms with E-state index in [2.05, 4.69) is 30.8 Å². The molecular formula is C19H22Cl2N6O2. The standard InChI is InChI=1S/C19H22Cl2N6O2/c20-12-2-1-11(7-13(12)21)8-23-16(19(10-28)3-5-22-6-4-19)17-25-14-9-24-27-15(14)18(29)26-17/h1-2,7,9,16,22-23,28H,3-6,8,10H2,(H,24,27)(H,25,26,29). The molecule has 1 aliphatic rings. The summed E-state index contributed by atoms with van der Waals surface area (Å²) in [5.41, 5.74) is 1.02. The van der Waals surface area contributed by atoms with E-state index in [4.69, 9.17) is 23.2 Å². The number of aliphatic hydroxyl groups excluding tert-OH is 1. The van der Waals surface area contributed by atoms with Crippen molar-refractivity contribution < 1.29 is 5.11 Å². The van der Waals surface area contributed by atoms with Crippen LogP contribution in [0.3, 0.4) is 0 Å². The van der Waals surface area contributed by atoms with Crippen molar-refractivity contribution in [2.45, 2.75) is 25.4 Å². The summed E-state index contributed by atoms with van der Waals surface area (Å²) in [5, 5.41) is 24.7. The third-order valence-corrected chi connectivity index (χ3v) is 6.36. The molecule has 8 nitrogen and oxygen atoms in total. The van der Waals surface area contributed by atoms with Gasteiger partial charge in [0.25, 0.3) is 5.56 Å². The number of hydrogen-bond donors (Lipinski definition) is 5. The van der Waals surface area contributed by atoms with Crippen molar-refractivity contribution in [3.05, 3.63) is 56.2 Å². The molecule has 3 aromatic rings. The normalized spacial score (nSPS) is 17.5. The molecule has 0 amide bonds. The van der Waals surface area contributed by atoms with Crippen LogP contribution in [0.4, 0.5) is 0 Å². The van der Waals surface area contributed by atoms with Crippen molar-refractivity contribution in [3.8, 4) is 0 Å². The number of benzene rings is 1. The average Bonchev–Trinajstić information content (AvgIpc) is 3.21. The van der Waals surface area contributed by atoms with E-state index in [0.29, 0.717) is 33.4 Å². The fourth-order valence-corrected chi connectivity index (χ4v) is 4.26. The van der Waals surface area contributed by atoms with E-state index >= 15 is 0 Å². The van der Waals surface area contributed by atoms with Gasteiger partial charge < -0.3 is 20.7 Å². The molecule has 0 bridgehead atoms. The van der Waals surface area contributed by atoms with Crippen molar-refractivity contribution in [3.63, 3.8) is 0 Å². The number of hydrogen-bond acceptors (Lipinski definition) is 6. The molecule has 29 heavy (non-hydrogen) atoms. The van der Waals surface area contributed by atoms with Gasteiger partial charge in [-0.25, -0.2) is 4.98 Å². The van der Waals surface area contributed by atoms with Crippen molar-refractivity contribution in [2.75, 3.05) is 19.7 Å². The van der Waals surface area contributed by atoms with Gasteiger partial charge in [0.2, 0.25) is 0 Å².